The van der Waals surface area contributed by atoms with Crippen molar-refractivity contribution in [3.63, 3.8) is 0 Å². The fraction of sp³-hybridized carbons (Fsp3) is 0.290. The third kappa shape index (κ3) is 4.48. The standard InChI is InChI=1S/C31H31NO5/c1-5-14-32-27(26-28(33)23-16-19(3)15-20(4)29(23)37-30(26)31(32)34)22-12-13-24(25(17-22)35-6-2)36-18-21-10-8-7-9-11-21/h7-13,15-17,27H,5-6,14,18H2,1-4H3. The highest BCUT2D eigenvalue weighted by atomic mass is 16.5. The predicted molar refractivity (Wildman–Crippen MR) is 144 cm³/mol. The van der Waals surface area contributed by atoms with E-state index in [9.17, 15) is 9.59 Å². The molecule has 6 heteroatoms. The highest BCUT2D eigenvalue weighted by Crippen LogP contribution is 2.41. The van der Waals surface area contributed by atoms with Gasteiger partial charge in [0.2, 0.25) is 5.76 Å². The predicted octanol–water partition coefficient (Wildman–Crippen LogP) is 6.34. The smallest absolute Gasteiger partial charge is 0.290 e. The first-order valence-corrected chi connectivity index (χ1v) is 12.7. The number of amides is 1. The van der Waals surface area contributed by atoms with Gasteiger partial charge in [-0.15, -0.1) is 0 Å². The van der Waals surface area contributed by atoms with Crippen LogP contribution >= 0.6 is 0 Å². The molecule has 0 saturated carbocycles. The van der Waals surface area contributed by atoms with E-state index in [-0.39, 0.29) is 17.1 Å². The molecule has 0 spiro atoms. The summed E-state index contributed by atoms with van der Waals surface area (Å²) in [7, 11) is 0. The molecule has 3 aromatic carbocycles. The van der Waals surface area contributed by atoms with Crippen LogP contribution in [0.25, 0.3) is 11.0 Å². The van der Waals surface area contributed by atoms with E-state index in [1.165, 1.54) is 0 Å². The minimum absolute atomic E-state index is 0.130. The molecule has 5 rings (SSSR count). The molecule has 2 heterocycles. The fourth-order valence-corrected chi connectivity index (χ4v) is 5.11. The van der Waals surface area contributed by atoms with E-state index in [1.807, 2.05) is 88.4 Å². The van der Waals surface area contributed by atoms with Gasteiger partial charge in [0.25, 0.3) is 5.91 Å². The first kappa shape index (κ1) is 24.6. The second kappa shape index (κ2) is 10.1. The SMILES string of the molecule is CCCN1C(=O)c2oc3c(C)cc(C)cc3c(=O)c2C1c1ccc(OCc2ccccc2)c(OCC)c1. The van der Waals surface area contributed by atoms with Gasteiger partial charge in [-0.25, -0.2) is 0 Å². The molecular weight excluding hydrogens is 466 g/mol. The van der Waals surface area contributed by atoms with Gasteiger partial charge in [0.05, 0.1) is 23.6 Å². The van der Waals surface area contributed by atoms with E-state index < -0.39 is 6.04 Å². The van der Waals surface area contributed by atoms with Crippen molar-refractivity contribution in [3.8, 4) is 11.5 Å². The lowest BCUT2D eigenvalue weighted by Gasteiger charge is -2.25. The average Bonchev–Trinajstić information content (AvgIpc) is 3.17. The molecule has 0 radical (unpaired) electrons. The molecule has 37 heavy (non-hydrogen) atoms. The van der Waals surface area contributed by atoms with E-state index in [2.05, 4.69) is 0 Å². The van der Waals surface area contributed by atoms with Crippen molar-refractivity contribution in [1.82, 2.24) is 4.90 Å². The van der Waals surface area contributed by atoms with Gasteiger partial charge in [-0.2, -0.15) is 0 Å². The maximum Gasteiger partial charge on any atom is 0.290 e. The zero-order valence-electron chi connectivity index (χ0n) is 21.7. The van der Waals surface area contributed by atoms with Crippen LogP contribution in [0.4, 0.5) is 0 Å². The molecule has 4 aromatic rings. The molecule has 0 N–H and O–H groups in total. The summed E-state index contributed by atoms with van der Waals surface area (Å²) < 4.78 is 18.2. The third-order valence-electron chi connectivity index (χ3n) is 6.68. The summed E-state index contributed by atoms with van der Waals surface area (Å²) in [4.78, 5) is 29.1. The van der Waals surface area contributed by atoms with Crippen LogP contribution in [-0.2, 0) is 6.61 Å². The van der Waals surface area contributed by atoms with Crippen molar-refractivity contribution in [2.24, 2.45) is 0 Å². The molecule has 0 saturated heterocycles. The Hall–Kier alpha value is -4.06. The number of carbonyl (C=O) groups excluding carboxylic acids is 1. The first-order valence-electron chi connectivity index (χ1n) is 12.7. The zero-order valence-corrected chi connectivity index (χ0v) is 21.7. The summed E-state index contributed by atoms with van der Waals surface area (Å²) in [6.07, 6.45) is 0.749. The van der Waals surface area contributed by atoms with Gasteiger partial charge >= 0.3 is 0 Å². The highest BCUT2D eigenvalue weighted by molar-refractivity contribution is 5.99. The Morgan fingerprint density at radius 3 is 2.43 bits per heavy atom. The van der Waals surface area contributed by atoms with Crippen LogP contribution in [0, 0.1) is 13.8 Å². The minimum Gasteiger partial charge on any atom is -0.490 e. The Morgan fingerprint density at radius 2 is 1.70 bits per heavy atom. The summed E-state index contributed by atoms with van der Waals surface area (Å²) in [6, 6.07) is 18.8. The normalized spacial score (nSPS) is 14.8. The molecule has 1 unspecified atom stereocenters. The number of benzene rings is 3. The van der Waals surface area contributed by atoms with Crippen LogP contribution in [0.3, 0.4) is 0 Å². The number of rotatable bonds is 8. The summed E-state index contributed by atoms with van der Waals surface area (Å²) in [5.41, 5.74) is 4.34. The minimum atomic E-state index is -0.564. The van der Waals surface area contributed by atoms with Crippen LogP contribution in [0.1, 0.15) is 64.7 Å². The second-order valence-electron chi connectivity index (χ2n) is 9.45. The average molecular weight is 498 g/mol. The molecule has 0 fully saturated rings. The number of carbonyl (C=O) groups is 1. The maximum atomic E-state index is 13.8. The van der Waals surface area contributed by atoms with Crippen molar-refractivity contribution in [2.45, 2.75) is 46.8 Å². The molecule has 190 valence electrons. The van der Waals surface area contributed by atoms with Gasteiger partial charge in [0, 0.05) is 6.54 Å². The van der Waals surface area contributed by atoms with E-state index >= 15 is 0 Å². The van der Waals surface area contributed by atoms with Crippen LogP contribution in [0.5, 0.6) is 11.5 Å². The van der Waals surface area contributed by atoms with Crippen molar-refractivity contribution in [2.75, 3.05) is 13.2 Å². The van der Waals surface area contributed by atoms with Gasteiger partial charge in [-0.05, 0) is 67.6 Å². The van der Waals surface area contributed by atoms with Crippen LogP contribution < -0.4 is 14.9 Å². The van der Waals surface area contributed by atoms with Gasteiger partial charge in [-0.1, -0.05) is 49.4 Å². The van der Waals surface area contributed by atoms with Crippen LogP contribution in [0.2, 0.25) is 0 Å². The van der Waals surface area contributed by atoms with E-state index in [1.54, 1.807) is 4.90 Å². The number of ether oxygens (including phenoxy) is 2. The lowest BCUT2D eigenvalue weighted by Crippen LogP contribution is -2.30. The Kier molecular flexibility index (Phi) is 6.74. The quantitative estimate of drug-likeness (QED) is 0.284. The van der Waals surface area contributed by atoms with Gasteiger partial charge < -0.3 is 18.8 Å². The summed E-state index contributed by atoms with van der Waals surface area (Å²) in [5, 5.41) is 0.500. The topological polar surface area (TPSA) is 69.0 Å². The summed E-state index contributed by atoms with van der Waals surface area (Å²) in [6.45, 7) is 9.13. The molecule has 0 bridgehead atoms. The number of fused-ring (bicyclic) bond motifs is 2. The largest absolute Gasteiger partial charge is 0.490 e. The molecule has 1 aliphatic rings. The Labute approximate surface area is 216 Å². The monoisotopic (exact) mass is 497 g/mol. The number of hydrogen-bond acceptors (Lipinski definition) is 5. The Balaban J connectivity index is 1.61. The lowest BCUT2D eigenvalue weighted by molar-refractivity contribution is 0.0728. The molecule has 1 atom stereocenters. The summed E-state index contributed by atoms with van der Waals surface area (Å²) >= 11 is 0. The van der Waals surface area contributed by atoms with Gasteiger partial charge in [0.15, 0.2) is 16.9 Å². The zero-order chi connectivity index (χ0) is 26.1. The van der Waals surface area contributed by atoms with Crippen LogP contribution in [0.15, 0.2) is 69.9 Å². The first-order chi connectivity index (χ1) is 17.9. The van der Waals surface area contributed by atoms with Crippen LogP contribution in [-0.4, -0.2) is 24.0 Å². The molecule has 1 aromatic heterocycles. The second-order valence-corrected chi connectivity index (χ2v) is 9.45. The lowest BCUT2D eigenvalue weighted by atomic mass is 9.97. The number of aryl methyl sites for hydroxylation is 2. The third-order valence-corrected chi connectivity index (χ3v) is 6.68. The maximum absolute atomic E-state index is 13.8. The number of hydrogen-bond donors (Lipinski definition) is 0. The van der Waals surface area contributed by atoms with E-state index in [0.29, 0.717) is 47.8 Å². The van der Waals surface area contributed by atoms with Crippen molar-refractivity contribution >= 4 is 16.9 Å². The van der Waals surface area contributed by atoms with E-state index in [4.69, 9.17) is 13.9 Å². The Morgan fingerprint density at radius 1 is 0.919 bits per heavy atom. The number of nitrogens with zero attached hydrogens (tertiary/aromatic N) is 1. The molecular formula is C31H31NO5. The molecule has 1 amide bonds. The van der Waals surface area contributed by atoms with Crippen molar-refractivity contribution in [3.05, 3.63) is 104 Å². The van der Waals surface area contributed by atoms with E-state index in [0.717, 1.165) is 28.7 Å². The Bertz CT molecular complexity index is 1520. The van der Waals surface area contributed by atoms with Gasteiger partial charge in [-0.3, -0.25) is 9.59 Å². The summed E-state index contributed by atoms with van der Waals surface area (Å²) in [5.74, 6) is 1.05. The van der Waals surface area contributed by atoms with Crippen molar-refractivity contribution in [1.29, 1.82) is 0 Å². The van der Waals surface area contributed by atoms with Gasteiger partial charge in [0.1, 0.15) is 12.2 Å². The fourth-order valence-electron chi connectivity index (χ4n) is 5.11. The molecule has 1 aliphatic heterocycles. The van der Waals surface area contributed by atoms with Crippen molar-refractivity contribution < 1.29 is 18.7 Å². The highest BCUT2D eigenvalue weighted by Gasteiger charge is 2.42. The molecule has 0 aliphatic carbocycles. The molecule has 6 nitrogen and oxygen atoms in total.